The molecule has 9 heteroatoms. The number of hydrogen-bond acceptors (Lipinski definition) is 7. The number of aromatic nitrogens is 4. The zero-order valence-electron chi connectivity index (χ0n) is 33.2. The van der Waals surface area contributed by atoms with E-state index in [2.05, 4.69) is 100 Å². The first kappa shape index (κ1) is 36.2. The summed E-state index contributed by atoms with van der Waals surface area (Å²) >= 11 is 0. The molecule has 0 saturated heterocycles. The van der Waals surface area contributed by atoms with Gasteiger partial charge in [-0.3, -0.25) is 5.32 Å². The van der Waals surface area contributed by atoms with E-state index in [4.69, 9.17) is 19.4 Å². The van der Waals surface area contributed by atoms with Gasteiger partial charge in [0.15, 0.2) is 0 Å². The van der Waals surface area contributed by atoms with E-state index in [0.717, 1.165) is 89.1 Å². The number of rotatable bonds is 6. The molecule has 2 atom stereocenters. The molecule has 9 nitrogen and oxygen atoms in total. The fraction of sp³-hybridized carbons (Fsp3) is 0.0769. The lowest BCUT2D eigenvalue weighted by atomic mass is 9.82. The van der Waals surface area contributed by atoms with Gasteiger partial charge in [-0.1, -0.05) is 121 Å². The van der Waals surface area contributed by atoms with E-state index in [1.54, 1.807) is 0 Å². The molecule has 10 bridgehead atoms. The Balaban J connectivity index is 1.36. The zero-order valence-corrected chi connectivity index (χ0v) is 33.2. The van der Waals surface area contributed by atoms with Gasteiger partial charge < -0.3 is 19.4 Å². The fourth-order valence-electron chi connectivity index (χ4n) is 9.38. The van der Waals surface area contributed by atoms with Gasteiger partial charge in [0.2, 0.25) is 0 Å². The first-order valence-electron chi connectivity index (χ1n) is 20.1. The van der Waals surface area contributed by atoms with Gasteiger partial charge in [0.25, 0.3) is 0 Å². The molecule has 7 heterocycles. The predicted octanol–water partition coefficient (Wildman–Crippen LogP) is 10.1. The maximum Gasteiger partial charge on any atom is 0.336 e. The topological polar surface area (TPSA) is 122 Å². The van der Waals surface area contributed by atoms with Gasteiger partial charge in [0, 0.05) is 55.5 Å². The van der Waals surface area contributed by atoms with Crippen LogP contribution in [0.3, 0.4) is 0 Å². The molecule has 4 aromatic carbocycles. The average molecular weight is 796 g/mol. The molecule has 7 aromatic rings. The van der Waals surface area contributed by atoms with E-state index in [-0.39, 0.29) is 11.1 Å². The lowest BCUT2D eigenvalue weighted by Gasteiger charge is -2.19. The Morgan fingerprint density at radius 1 is 0.443 bits per heavy atom. The number of hydrogen-bond donors (Lipinski definition) is 3. The highest BCUT2D eigenvalue weighted by molar-refractivity contribution is 6.19. The highest BCUT2D eigenvalue weighted by Crippen LogP contribution is 2.54. The van der Waals surface area contributed by atoms with E-state index in [9.17, 15) is 9.59 Å². The van der Waals surface area contributed by atoms with Crippen LogP contribution in [-0.2, 0) is 19.1 Å². The Morgan fingerprint density at radius 3 is 1.11 bits per heavy atom. The second kappa shape index (κ2) is 14.4. The lowest BCUT2D eigenvalue weighted by molar-refractivity contribution is -0.139. The molecule has 11 rings (SSSR count). The fourth-order valence-corrected chi connectivity index (χ4v) is 9.38. The normalized spacial score (nSPS) is 16.2. The highest BCUT2D eigenvalue weighted by Gasteiger charge is 2.54. The van der Waals surface area contributed by atoms with E-state index in [1.165, 1.54) is 14.2 Å². The van der Waals surface area contributed by atoms with Crippen molar-refractivity contribution in [3.8, 4) is 44.5 Å². The van der Waals surface area contributed by atoms with Crippen molar-refractivity contribution in [2.45, 2.75) is 12.1 Å². The summed E-state index contributed by atoms with van der Waals surface area (Å²) in [5, 5.41) is 3.63. The van der Waals surface area contributed by atoms with Crippen molar-refractivity contribution in [2.75, 3.05) is 14.2 Å². The van der Waals surface area contributed by atoms with Gasteiger partial charge >= 0.3 is 11.9 Å². The van der Waals surface area contributed by atoms with Crippen molar-refractivity contribution >= 4 is 57.3 Å². The summed E-state index contributed by atoms with van der Waals surface area (Å²) < 4.78 is 10.7. The number of nitrogens with zero attached hydrogens (tertiary/aromatic N) is 2. The number of esters is 2. The van der Waals surface area contributed by atoms with Crippen LogP contribution >= 0.6 is 0 Å². The third kappa shape index (κ3) is 5.73. The molecule has 0 saturated carbocycles. The number of nitrogens with one attached hydrogen (secondary N) is 3. The summed E-state index contributed by atoms with van der Waals surface area (Å²) in [6.07, 6.45) is 4.18. The molecule has 2 unspecified atom stereocenters. The van der Waals surface area contributed by atoms with Gasteiger partial charge in [-0.2, -0.15) is 0 Å². The number of benzene rings is 4. The zero-order chi connectivity index (χ0) is 41.2. The van der Waals surface area contributed by atoms with Crippen LogP contribution in [0, 0.1) is 0 Å². The second-order valence-electron chi connectivity index (χ2n) is 15.2. The maximum atomic E-state index is 13.8. The number of aromatic amines is 2. The lowest BCUT2D eigenvalue weighted by Crippen LogP contribution is -2.29. The molecular formula is C52H37N5O4. The van der Waals surface area contributed by atoms with Crippen LogP contribution in [0.4, 0.5) is 0 Å². The average Bonchev–Trinajstić information content (AvgIpc) is 4.18. The smallest absolute Gasteiger partial charge is 0.336 e. The molecule has 3 N–H and O–H groups in total. The van der Waals surface area contributed by atoms with Crippen LogP contribution in [-0.4, -0.2) is 58.2 Å². The Bertz CT molecular complexity index is 3010. The van der Waals surface area contributed by atoms with Crippen molar-refractivity contribution < 1.29 is 19.1 Å². The number of H-pyrrole nitrogens is 2. The molecule has 4 aliphatic rings. The largest absolute Gasteiger partial charge is 0.466 e. The Morgan fingerprint density at radius 2 is 0.770 bits per heavy atom. The first-order chi connectivity index (χ1) is 30.0. The predicted molar refractivity (Wildman–Crippen MR) is 240 cm³/mol. The molecule has 0 spiro atoms. The minimum atomic E-state index is -0.708. The summed E-state index contributed by atoms with van der Waals surface area (Å²) in [7, 11) is 2.66. The SMILES string of the molecule is COC(=O)C1=C(C(=O)OC)C2NC1C1=C2c2nc1c(-c1ccccc1)c1ccc([nH]1)c(-c1ccccc1)c1nc(c(-c3ccccc3)c3ccc([nH]3)c2-c2ccccc2)C=C1. The number of carbonyl (C=O) groups excluding carboxylic acids is 2. The number of methoxy groups -OCH3 is 2. The minimum absolute atomic E-state index is 0.223. The minimum Gasteiger partial charge on any atom is -0.466 e. The van der Waals surface area contributed by atoms with E-state index in [1.807, 2.05) is 72.8 Å². The standard InChI is InChI=1S/C52H37N5O4/c1-60-51(58)45-46(52(59)61-2)50-44-43(49(45)57-50)47-41(31-19-11-5-12-20-31)37-27-25-35(54-37)39(29-15-7-3-8-16-29)33-23-24-34(53-33)40(30-17-9-4-10-18-30)36-26-28-38(55-36)42(48(44)56-47)32-21-13-6-14-22-32/h3-28,49-50,54-55,57H,1-2H3. The molecular weight excluding hydrogens is 759 g/mol. The Kier molecular flexibility index (Phi) is 8.57. The van der Waals surface area contributed by atoms with Crippen molar-refractivity contribution in [1.82, 2.24) is 25.3 Å². The van der Waals surface area contributed by atoms with Crippen molar-refractivity contribution in [1.29, 1.82) is 0 Å². The number of carbonyl (C=O) groups is 2. The van der Waals surface area contributed by atoms with Crippen LogP contribution < -0.4 is 5.32 Å². The Labute approximate surface area is 350 Å². The Hall–Kier alpha value is -7.88. The summed E-state index contributed by atoms with van der Waals surface area (Å²) in [4.78, 5) is 46.2. The van der Waals surface area contributed by atoms with E-state index >= 15 is 0 Å². The van der Waals surface area contributed by atoms with Gasteiger partial charge in [0.1, 0.15) is 0 Å². The van der Waals surface area contributed by atoms with Gasteiger partial charge in [-0.25, -0.2) is 19.6 Å². The van der Waals surface area contributed by atoms with E-state index < -0.39 is 24.0 Å². The van der Waals surface area contributed by atoms with Crippen LogP contribution in [0.15, 0.2) is 157 Å². The third-order valence-electron chi connectivity index (χ3n) is 11.9. The van der Waals surface area contributed by atoms with Crippen LogP contribution in [0.5, 0.6) is 0 Å². The summed E-state index contributed by atoms with van der Waals surface area (Å²) in [5.41, 5.74) is 15.8. The number of fused-ring (bicyclic) bond motifs is 14. The molecule has 0 radical (unpaired) electrons. The first-order valence-corrected chi connectivity index (χ1v) is 20.1. The molecule has 4 aliphatic heterocycles. The summed E-state index contributed by atoms with van der Waals surface area (Å²) in [6, 6.07) is 47.8. The van der Waals surface area contributed by atoms with E-state index in [0.29, 0.717) is 11.4 Å². The van der Waals surface area contributed by atoms with Crippen molar-refractivity contribution in [3.05, 3.63) is 180 Å². The van der Waals surface area contributed by atoms with Crippen molar-refractivity contribution in [3.63, 3.8) is 0 Å². The highest BCUT2D eigenvalue weighted by atomic mass is 16.5. The molecule has 0 fully saturated rings. The van der Waals surface area contributed by atoms with Gasteiger partial charge in [0.05, 0.1) is 60.2 Å². The second-order valence-corrected chi connectivity index (χ2v) is 15.2. The monoisotopic (exact) mass is 795 g/mol. The summed E-state index contributed by atoms with van der Waals surface area (Å²) in [5.74, 6) is -1.20. The quantitative estimate of drug-likeness (QED) is 0.143. The molecule has 61 heavy (non-hydrogen) atoms. The molecule has 0 amide bonds. The number of ether oxygens (including phenoxy) is 2. The maximum absolute atomic E-state index is 13.8. The molecule has 3 aromatic heterocycles. The summed E-state index contributed by atoms with van der Waals surface area (Å²) in [6.45, 7) is 0. The molecule has 294 valence electrons. The van der Waals surface area contributed by atoms with Gasteiger partial charge in [-0.15, -0.1) is 0 Å². The molecule has 0 aliphatic carbocycles. The van der Waals surface area contributed by atoms with Crippen LogP contribution in [0.25, 0.3) is 89.9 Å². The van der Waals surface area contributed by atoms with Crippen molar-refractivity contribution in [2.24, 2.45) is 0 Å². The third-order valence-corrected chi connectivity index (χ3v) is 11.9. The van der Waals surface area contributed by atoms with Crippen LogP contribution in [0.2, 0.25) is 0 Å². The van der Waals surface area contributed by atoms with Crippen LogP contribution in [0.1, 0.15) is 22.8 Å². The van der Waals surface area contributed by atoms with Gasteiger partial charge in [-0.05, 0) is 58.7 Å².